The van der Waals surface area contributed by atoms with E-state index < -0.39 is 18.4 Å². The van der Waals surface area contributed by atoms with Crippen molar-refractivity contribution in [2.24, 2.45) is 0 Å². The first kappa shape index (κ1) is 17.5. The summed E-state index contributed by atoms with van der Waals surface area (Å²) in [5.41, 5.74) is 1.09. The van der Waals surface area contributed by atoms with Gasteiger partial charge in [-0.15, -0.1) is 0 Å². The van der Waals surface area contributed by atoms with Crippen LogP contribution in [0.5, 0.6) is 0 Å². The van der Waals surface area contributed by atoms with Crippen molar-refractivity contribution in [2.75, 3.05) is 20.2 Å². The minimum Gasteiger partial charge on any atom is -0.395 e. The molecule has 0 aliphatic rings. The van der Waals surface area contributed by atoms with Gasteiger partial charge >= 0.3 is 6.18 Å². The van der Waals surface area contributed by atoms with Crippen LogP contribution in [0.3, 0.4) is 0 Å². The first-order chi connectivity index (χ1) is 9.81. The van der Waals surface area contributed by atoms with Gasteiger partial charge in [-0.1, -0.05) is 17.9 Å². The minimum atomic E-state index is -4.19. The molecule has 21 heavy (non-hydrogen) atoms. The molecule has 1 aromatic carbocycles. The molecule has 0 bridgehead atoms. The Kier molecular flexibility index (Phi) is 6.66. The molecule has 0 amide bonds. The Morgan fingerprint density at radius 2 is 2.00 bits per heavy atom. The SMILES string of the molecule is CN(CCC(F)(F)F)Cc1ccc(F)cc1C#CCCO. The summed E-state index contributed by atoms with van der Waals surface area (Å²) in [6.45, 7) is 0.0209. The van der Waals surface area contributed by atoms with Crippen molar-refractivity contribution in [3.05, 3.63) is 35.1 Å². The third-order valence-corrected chi connectivity index (χ3v) is 2.75. The van der Waals surface area contributed by atoms with Crippen LogP contribution >= 0.6 is 0 Å². The van der Waals surface area contributed by atoms with E-state index in [1.807, 2.05) is 0 Å². The van der Waals surface area contributed by atoms with E-state index in [1.54, 1.807) is 7.05 Å². The molecule has 116 valence electrons. The summed E-state index contributed by atoms with van der Waals surface area (Å²) in [5, 5.41) is 8.67. The highest BCUT2D eigenvalue weighted by molar-refractivity contribution is 5.41. The van der Waals surface area contributed by atoms with Gasteiger partial charge in [-0.25, -0.2) is 4.39 Å². The Hall–Kier alpha value is -1.58. The lowest BCUT2D eigenvalue weighted by atomic mass is 10.1. The van der Waals surface area contributed by atoms with Gasteiger partial charge in [-0.2, -0.15) is 13.2 Å². The quantitative estimate of drug-likeness (QED) is 0.668. The Bertz CT molecular complexity index is 517. The van der Waals surface area contributed by atoms with Gasteiger partial charge in [0.25, 0.3) is 0 Å². The predicted octanol–water partition coefficient (Wildman–Crippen LogP) is 2.94. The molecule has 0 unspecified atom stereocenters. The summed E-state index contributed by atoms with van der Waals surface area (Å²) in [6, 6.07) is 4.02. The summed E-state index contributed by atoms with van der Waals surface area (Å²) in [7, 11) is 1.57. The second-order valence-electron chi connectivity index (χ2n) is 4.68. The second kappa shape index (κ2) is 8.01. The fourth-order valence-corrected chi connectivity index (χ4v) is 1.70. The molecule has 1 rings (SSSR count). The number of rotatable bonds is 5. The predicted molar refractivity (Wildman–Crippen MR) is 72.0 cm³/mol. The van der Waals surface area contributed by atoms with Gasteiger partial charge in [0.2, 0.25) is 0 Å². The lowest BCUT2D eigenvalue weighted by Crippen LogP contribution is -2.24. The van der Waals surface area contributed by atoms with E-state index in [0.717, 1.165) is 0 Å². The zero-order valence-corrected chi connectivity index (χ0v) is 11.7. The van der Waals surface area contributed by atoms with Crippen LogP contribution in [-0.2, 0) is 6.54 Å². The number of halogens is 4. The molecule has 1 N–H and O–H groups in total. The molecule has 2 nitrogen and oxygen atoms in total. The van der Waals surface area contributed by atoms with Gasteiger partial charge in [-0.3, -0.25) is 0 Å². The van der Waals surface area contributed by atoms with Gasteiger partial charge in [0.05, 0.1) is 13.0 Å². The van der Waals surface area contributed by atoms with Crippen LogP contribution in [0, 0.1) is 17.7 Å². The number of nitrogens with zero attached hydrogens (tertiary/aromatic N) is 1. The van der Waals surface area contributed by atoms with Crippen LogP contribution in [0.4, 0.5) is 17.6 Å². The van der Waals surface area contributed by atoms with E-state index in [2.05, 4.69) is 11.8 Å². The van der Waals surface area contributed by atoms with E-state index in [4.69, 9.17) is 5.11 Å². The Balaban J connectivity index is 2.76. The molecule has 0 heterocycles. The lowest BCUT2D eigenvalue weighted by molar-refractivity contribution is -0.137. The van der Waals surface area contributed by atoms with E-state index >= 15 is 0 Å². The van der Waals surface area contributed by atoms with Crippen LogP contribution in [-0.4, -0.2) is 36.4 Å². The number of hydrogen-bond donors (Lipinski definition) is 1. The molecule has 0 aliphatic carbocycles. The highest BCUT2D eigenvalue weighted by atomic mass is 19.4. The van der Waals surface area contributed by atoms with Crippen molar-refractivity contribution in [1.82, 2.24) is 4.90 Å². The van der Waals surface area contributed by atoms with Crippen molar-refractivity contribution >= 4 is 0 Å². The maximum atomic E-state index is 13.2. The number of hydrogen-bond acceptors (Lipinski definition) is 2. The maximum Gasteiger partial charge on any atom is 0.390 e. The second-order valence-corrected chi connectivity index (χ2v) is 4.68. The molecule has 0 saturated heterocycles. The molecule has 0 saturated carbocycles. The van der Waals surface area contributed by atoms with Crippen molar-refractivity contribution < 1.29 is 22.7 Å². The Morgan fingerprint density at radius 3 is 2.62 bits per heavy atom. The smallest absolute Gasteiger partial charge is 0.390 e. The van der Waals surface area contributed by atoms with Gasteiger partial charge in [0.1, 0.15) is 5.82 Å². The van der Waals surface area contributed by atoms with E-state index in [0.29, 0.717) is 11.1 Å². The van der Waals surface area contributed by atoms with Crippen LogP contribution in [0.25, 0.3) is 0 Å². The third-order valence-electron chi connectivity index (χ3n) is 2.75. The monoisotopic (exact) mass is 303 g/mol. The standard InChI is InChI=1S/C15H17F4NO/c1-20(8-7-15(17,18)19)11-13-5-6-14(16)10-12(13)4-2-3-9-21/h5-6,10,21H,3,7-9,11H2,1H3. The zero-order valence-electron chi connectivity index (χ0n) is 11.7. The average Bonchev–Trinajstić information content (AvgIpc) is 2.39. The molecule has 0 atom stereocenters. The molecule has 0 aromatic heterocycles. The van der Waals surface area contributed by atoms with Crippen LogP contribution in [0.1, 0.15) is 24.0 Å². The van der Waals surface area contributed by atoms with Gasteiger partial charge in [0.15, 0.2) is 0 Å². The van der Waals surface area contributed by atoms with Crippen molar-refractivity contribution in [3.8, 4) is 11.8 Å². The molecule has 0 spiro atoms. The van der Waals surface area contributed by atoms with Crippen LogP contribution < -0.4 is 0 Å². The Morgan fingerprint density at radius 1 is 1.29 bits per heavy atom. The lowest BCUT2D eigenvalue weighted by Gasteiger charge is -2.18. The summed E-state index contributed by atoms with van der Waals surface area (Å²) in [4.78, 5) is 1.51. The highest BCUT2D eigenvalue weighted by Gasteiger charge is 2.27. The summed E-state index contributed by atoms with van der Waals surface area (Å²) >= 11 is 0. The third kappa shape index (κ3) is 7.11. The topological polar surface area (TPSA) is 23.5 Å². The van der Waals surface area contributed by atoms with Gasteiger partial charge < -0.3 is 10.0 Å². The average molecular weight is 303 g/mol. The van der Waals surface area contributed by atoms with Crippen LogP contribution in [0.2, 0.25) is 0 Å². The fraction of sp³-hybridized carbons (Fsp3) is 0.467. The number of aliphatic hydroxyl groups excluding tert-OH is 1. The Labute approximate surface area is 121 Å². The fourth-order valence-electron chi connectivity index (χ4n) is 1.70. The van der Waals surface area contributed by atoms with Gasteiger partial charge in [-0.05, 0) is 24.7 Å². The highest BCUT2D eigenvalue weighted by Crippen LogP contribution is 2.20. The first-order valence-corrected chi connectivity index (χ1v) is 6.45. The largest absolute Gasteiger partial charge is 0.395 e. The van der Waals surface area contributed by atoms with Gasteiger partial charge in [0, 0.05) is 25.1 Å². The molecule has 0 radical (unpaired) electrons. The van der Waals surface area contributed by atoms with E-state index in [1.165, 1.54) is 23.1 Å². The molecule has 0 aliphatic heterocycles. The number of benzene rings is 1. The van der Waals surface area contributed by atoms with E-state index in [-0.39, 0.29) is 26.1 Å². The molecular formula is C15H17F4NO. The van der Waals surface area contributed by atoms with Crippen molar-refractivity contribution in [2.45, 2.75) is 25.6 Å². The maximum absolute atomic E-state index is 13.2. The van der Waals surface area contributed by atoms with E-state index in [9.17, 15) is 17.6 Å². The minimum absolute atomic E-state index is 0.0941. The zero-order chi connectivity index (χ0) is 15.9. The number of aliphatic hydroxyl groups is 1. The molecule has 1 aromatic rings. The summed E-state index contributed by atoms with van der Waals surface area (Å²) < 4.78 is 49.7. The summed E-state index contributed by atoms with van der Waals surface area (Å²) in [5.74, 6) is 4.96. The van der Waals surface area contributed by atoms with Crippen molar-refractivity contribution in [3.63, 3.8) is 0 Å². The molecule has 6 heteroatoms. The normalized spacial score (nSPS) is 11.4. The van der Waals surface area contributed by atoms with Crippen LogP contribution in [0.15, 0.2) is 18.2 Å². The summed E-state index contributed by atoms with van der Waals surface area (Å²) in [6.07, 6.45) is -4.82. The van der Waals surface area contributed by atoms with Crippen molar-refractivity contribution in [1.29, 1.82) is 0 Å². The number of alkyl halides is 3. The first-order valence-electron chi connectivity index (χ1n) is 6.45. The molecule has 0 fully saturated rings. The molecular weight excluding hydrogens is 286 g/mol.